The Bertz CT molecular complexity index is 392. The Kier molecular flexibility index (Phi) is 5.26. The van der Waals surface area contributed by atoms with Gasteiger partial charge < -0.3 is 10.6 Å². The molecular weight excluding hydrogens is 232 g/mol. The van der Waals surface area contributed by atoms with Crippen LogP contribution in [-0.2, 0) is 0 Å². The largest absolute Gasteiger partial charge is 0.385 e. The van der Waals surface area contributed by atoms with Crippen LogP contribution in [0.4, 0.5) is 5.69 Å². The number of nitrogens with one attached hydrogen (secondary N) is 2. The van der Waals surface area contributed by atoms with Gasteiger partial charge in [0.05, 0.1) is 0 Å². The minimum Gasteiger partial charge on any atom is -0.385 e. The van der Waals surface area contributed by atoms with Crippen molar-refractivity contribution in [1.29, 1.82) is 0 Å². The van der Waals surface area contributed by atoms with Gasteiger partial charge in [0.25, 0.3) is 0 Å². The van der Waals surface area contributed by atoms with Crippen molar-refractivity contribution < 1.29 is 0 Å². The van der Waals surface area contributed by atoms with Crippen molar-refractivity contribution in [3.63, 3.8) is 0 Å². The fraction of sp³-hybridized carbons (Fsp3) is 0.647. The molecule has 0 aromatic heterocycles. The predicted molar refractivity (Wildman–Crippen MR) is 84.0 cm³/mol. The lowest BCUT2D eigenvalue weighted by Gasteiger charge is -2.23. The van der Waals surface area contributed by atoms with Crippen molar-refractivity contribution >= 4 is 5.69 Å². The Hall–Kier alpha value is -1.02. The van der Waals surface area contributed by atoms with E-state index in [1.807, 2.05) is 0 Å². The Morgan fingerprint density at radius 3 is 2.68 bits per heavy atom. The SMILES string of the molecule is Cc1ccc(C(C)C)cc1NCCC1CCNCC1. The van der Waals surface area contributed by atoms with Gasteiger partial charge in [0.15, 0.2) is 0 Å². The smallest absolute Gasteiger partial charge is 0.0372 e. The maximum Gasteiger partial charge on any atom is 0.0372 e. The molecule has 0 radical (unpaired) electrons. The van der Waals surface area contributed by atoms with Crippen LogP contribution in [0.5, 0.6) is 0 Å². The molecule has 0 bridgehead atoms. The first-order valence-corrected chi connectivity index (χ1v) is 7.72. The van der Waals surface area contributed by atoms with Gasteiger partial charge in [-0.05, 0) is 68.3 Å². The number of hydrogen-bond acceptors (Lipinski definition) is 2. The summed E-state index contributed by atoms with van der Waals surface area (Å²) in [5.41, 5.74) is 4.10. The Labute approximate surface area is 118 Å². The van der Waals surface area contributed by atoms with Gasteiger partial charge in [-0.2, -0.15) is 0 Å². The summed E-state index contributed by atoms with van der Waals surface area (Å²) in [6, 6.07) is 6.81. The monoisotopic (exact) mass is 260 g/mol. The molecule has 2 heteroatoms. The highest BCUT2D eigenvalue weighted by Crippen LogP contribution is 2.23. The summed E-state index contributed by atoms with van der Waals surface area (Å²) < 4.78 is 0. The minimum absolute atomic E-state index is 0.602. The second-order valence-corrected chi connectivity index (χ2v) is 6.14. The van der Waals surface area contributed by atoms with E-state index in [2.05, 4.69) is 49.6 Å². The third-order valence-corrected chi connectivity index (χ3v) is 4.26. The van der Waals surface area contributed by atoms with E-state index in [0.29, 0.717) is 5.92 Å². The van der Waals surface area contributed by atoms with Crippen LogP contribution in [0.3, 0.4) is 0 Å². The number of anilines is 1. The second-order valence-electron chi connectivity index (χ2n) is 6.14. The summed E-state index contributed by atoms with van der Waals surface area (Å²) in [4.78, 5) is 0. The zero-order valence-corrected chi connectivity index (χ0v) is 12.6. The molecule has 0 saturated carbocycles. The molecule has 1 aliphatic heterocycles. The third kappa shape index (κ3) is 4.24. The molecule has 0 unspecified atom stereocenters. The van der Waals surface area contributed by atoms with Crippen molar-refractivity contribution in [1.82, 2.24) is 5.32 Å². The maximum absolute atomic E-state index is 3.64. The highest BCUT2D eigenvalue weighted by atomic mass is 14.9. The predicted octanol–water partition coefficient (Wildman–Crippen LogP) is 3.92. The first-order chi connectivity index (χ1) is 9.16. The van der Waals surface area contributed by atoms with E-state index in [1.54, 1.807) is 0 Å². The van der Waals surface area contributed by atoms with Crippen molar-refractivity contribution in [3.05, 3.63) is 29.3 Å². The van der Waals surface area contributed by atoms with Gasteiger partial charge in [-0.1, -0.05) is 26.0 Å². The van der Waals surface area contributed by atoms with Crippen LogP contribution < -0.4 is 10.6 Å². The van der Waals surface area contributed by atoms with E-state index in [0.717, 1.165) is 12.5 Å². The maximum atomic E-state index is 3.64. The Morgan fingerprint density at radius 1 is 1.26 bits per heavy atom. The quantitative estimate of drug-likeness (QED) is 0.838. The van der Waals surface area contributed by atoms with Gasteiger partial charge in [0, 0.05) is 12.2 Å². The molecular formula is C17H28N2. The molecule has 2 nitrogen and oxygen atoms in total. The van der Waals surface area contributed by atoms with Crippen LogP contribution in [0.15, 0.2) is 18.2 Å². The molecule has 2 N–H and O–H groups in total. The lowest BCUT2D eigenvalue weighted by molar-refractivity contribution is 0.361. The summed E-state index contributed by atoms with van der Waals surface area (Å²) in [6.07, 6.45) is 3.98. The first kappa shape index (κ1) is 14.4. The zero-order valence-electron chi connectivity index (χ0n) is 12.6. The van der Waals surface area contributed by atoms with E-state index in [9.17, 15) is 0 Å². The number of piperidine rings is 1. The molecule has 2 rings (SSSR count). The standard InChI is InChI=1S/C17H28N2/c1-13(2)16-5-4-14(3)17(12-16)19-11-8-15-6-9-18-10-7-15/h4-5,12-13,15,18-19H,6-11H2,1-3H3. The van der Waals surface area contributed by atoms with Crippen LogP contribution in [0, 0.1) is 12.8 Å². The average Bonchev–Trinajstić information content (AvgIpc) is 2.42. The van der Waals surface area contributed by atoms with Crippen molar-refractivity contribution in [2.24, 2.45) is 5.92 Å². The second kappa shape index (κ2) is 6.95. The van der Waals surface area contributed by atoms with Crippen molar-refractivity contribution in [2.45, 2.75) is 46.0 Å². The van der Waals surface area contributed by atoms with Crippen LogP contribution in [0.1, 0.15) is 50.2 Å². The van der Waals surface area contributed by atoms with Crippen LogP contribution in [0.2, 0.25) is 0 Å². The number of hydrogen-bond donors (Lipinski definition) is 2. The first-order valence-electron chi connectivity index (χ1n) is 7.72. The van der Waals surface area contributed by atoms with Crippen LogP contribution in [-0.4, -0.2) is 19.6 Å². The lowest BCUT2D eigenvalue weighted by Crippen LogP contribution is -2.28. The summed E-state index contributed by atoms with van der Waals surface area (Å²) >= 11 is 0. The van der Waals surface area contributed by atoms with Gasteiger partial charge in [0.2, 0.25) is 0 Å². The number of aryl methyl sites for hydroxylation is 1. The molecule has 0 aliphatic carbocycles. The van der Waals surface area contributed by atoms with E-state index in [1.165, 1.54) is 49.2 Å². The zero-order chi connectivity index (χ0) is 13.7. The molecule has 0 atom stereocenters. The normalized spacial score (nSPS) is 16.8. The summed E-state index contributed by atoms with van der Waals surface area (Å²) in [7, 11) is 0. The third-order valence-electron chi connectivity index (χ3n) is 4.26. The van der Waals surface area contributed by atoms with E-state index in [-0.39, 0.29) is 0 Å². The van der Waals surface area contributed by atoms with Crippen LogP contribution >= 0.6 is 0 Å². The molecule has 1 fully saturated rings. The molecule has 1 aliphatic rings. The van der Waals surface area contributed by atoms with E-state index >= 15 is 0 Å². The van der Waals surface area contributed by atoms with Gasteiger partial charge >= 0.3 is 0 Å². The molecule has 1 saturated heterocycles. The summed E-state index contributed by atoms with van der Waals surface area (Å²) in [6.45, 7) is 10.2. The highest BCUT2D eigenvalue weighted by molar-refractivity contribution is 5.53. The molecule has 106 valence electrons. The summed E-state index contributed by atoms with van der Waals surface area (Å²) in [5, 5.41) is 7.07. The Balaban J connectivity index is 1.86. The van der Waals surface area contributed by atoms with E-state index in [4.69, 9.17) is 0 Å². The van der Waals surface area contributed by atoms with Gasteiger partial charge in [-0.3, -0.25) is 0 Å². The van der Waals surface area contributed by atoms with E-state index < -0.39 is 0 Å². The Morgan fingerprint density at radius 2 is 2.00 bits per heavy atom. The molecule has 1 aromatic rings. The van der Waals surface area contributed by atoms with Gasteiger partial charge in [-0.25, -0.2) is 0 Å². The molecule has 1 heterocycles. The van der Waals surface area contributed by atoms with Crippen LogP contribution in [0.25, 0.3) is 0 Å². The summed E-state index contributed by atoms with van der Waals surface area (Å²) in [5.74, 6) is 1.51. The van der Waals surface area contributed by atoms with Gasteiger partial charge in [-0.15, -0.1) is 0 Å². The highest BCUT2D eigenvalue weighted by Gasteiger charge is 2.12. The fourth-order valence-electron chi connectivity index (χ4n) is 2.77. The minimum atomic E-state index is 0.602. The molecule has 0 amide bonds. The average molecular weight is 260 g/mol. The molecule has 0 spiro atoms. The van der Waals surface area contributed by atoms with Crippen molar-refractivity contribution in [2.75, 3.05) is 25.0 Å². The van der Waals surface area contributed by atoms with Gasteiger partial charge in [0.1, 0.15) is 0 Å². The molecule has 19 heavy (non-hydrogen) atoms. The number of rotatable bonds is 5. The lowest BCUT2D eigenvalue weighted by atomic mass is 9.94. The molecule has 1 aromatic carbocycles. The fourth-order valence-corrected chi connectivity index (χ4v) is 2.77. The van der Waals surface area contributed by atoms with Crippen molar-refractivity contribution in [3.8, 4) is 0 Å². The topological polar surface area (TPSA) is 24.1 Å². The number of benzene rings is 1.